The van der Waals surface area contributed by atoms with Gasteiger partial charge in [0.25, 0.3) is 0 Å². The molecule has 0 spiro atoms. The van der Waals surface area contributed by atoms with Crippen LogP contribution in [-0.4, -0.2) is 48.2 Å². The second kappa shape index (κ2) is 6.79. The lowest BCUT2D eigenvalue weighted by molar-refractivity contribution is -0.117. The third kappa shape index (κ3) is 11.4. The molecule has 1 aliphatic rings. The van der Waals surface area contributed by atoms with Crippen molar-refractivity contribution in [3.8, 4) is 0 Å². The molecule has 1 saturated heterocycles. The van der Waals surface area contributed by atoms with Gasteiger partial charge in [-0.2, -0.15) is 0 Å². The van der Waals surface area contributed by atoms with Crippen molar-refractivity contribution in [1.29, 1.82) is 0 Å². The average molecular weight is 202 g/mol. The van der Waals surface area contributed by atoms with E-state index in [0.29, 0.717) is 0 Å². The molecule has 0 aromatic rings. The predicted octanol–water partition coefficient (Wildman–Crippen LogP) is 0.215. The lowest BCUT2D eigenvalue weighted by Gasteiger charge is -2.11. The van der Waals surface area contributed by atoms with E-state index >= 15 is 0 Å². The fourth-order valence-corrected chi connectivity index (χ4v) is 0.972. The summed E-state index contributed by atoms with van der Waals surface area (Å²) in [6.45, 7) is 9.00. The standard InChI is InChI=1S/C6H12N2O.C4H10O/c9-6-8-4-1-2-7-3-5-8;1-4(2,3)5/h6-7H,1-5H2;5H,1-3H3. The summed E-state index contributed by atoms with van der Waals surface area (Å²) in [6.07, 6.45) is 2.01. The second-order valence-corrected chi connectivity index (χ2v) is 4.42. The lowest BCUT2D eigenvalue weighted by Crippen LogP contribution is -2.26. The molecule has 2 N–H and O–H groups in total. The van der Waals surface area contributed by atoms with Crippen LogP contribution in [0.15, 0.2) is 0 Å². The fourth-order valence-electron chi connectivity index (χ4n) is 0.972. The Balaban J connectivity index is 0.000000292. The van der Waals surface area contributed by atoms with Gasteiger partial charge in [-0.3, -0.25) is 4.79 Å². The smallest absolute Gasteiger partial charge is 0.209 e. The Hall–Kier alpha value is -0.610. The molecule has 1 rings (SSSR count). The highest BCUT2D eigenvalue weighted by Crippen LogP contribution is 1.93. The number of amides is 1. The van der Waals surface area contributed by atoms with E-state index in [1.807, 2.05) is 0 Å². The van der Waals surface area contributed by atoms with Crippen molar-refractivity contribution in [2.45, 2.75) is 32.8 Å². The Morgan fingerprint density at radius 1 is 1.29 bits per heavy atom. The summed E-state index contributed by atoms with van der Waals surface area (Å²) in [6, 6.07) is 0. The summed E-state index contributed by atoms with van der Waals surface area (Å²) in [5.74, 6) is 0. The second-order valence-electron chi connectivity index (χ2n) is 4.42. The van der Waals surface area contributed by atoms with Gasteiger partial charge >= 0.3 is 0 Å². The van der Waals surface area contributed by atoms with Crippen LogP contribution in [0.25, 0.3) is 0 Å². The predicted molar refractivity (Wildman–Crippen MR) is 57.1 cm³/mol. The van der Waals surface area contributed by atoms with Crippen LogP contribution < -0.4 is 5.32 Å². The number of rotatable bonds is 1. The molecule has 0 radical (unpaired) electrons. The van der Waals surface area contributed by atoms with E-state index in [0.717, 1.165) is 39.0 Å². The summed E-state index contributed by atoms with van der Waals surface area (Å²) < 4.78 is 0. The molecule has 0 unspecified atom stereocenters. The minimum absolute atomic E-state index is 0.500. The van der Waals surface area contributed by atoms with Crippen molar-refractivity contribution in [3.05, 3.63) is 0 Å². The van der Waals surface area contributed by atoms with Gasteiger partial charge in [-0.15, -0.1) is 0 Å². The van der Waals surface area contributed by atoms with E-state index in [-0.39, 0.29) is 0 Å². The first-order valence-corrected chi connectivity index (χ1v) is 5.06. The van der Waals surface area contributed by atoms with Crippen molar-refractivity contribution in [2.75, 3.05) is 26.2 Å². The Morgan fingerprint density at radius 3 is 2.36 bits per heavy atom. The monoisotopic (exact) mass is 202 g/mol. The molecule has 1 fully saturated rings. The van der Waals surface area contributed by atoms with Gasteiger partial charge in [0.15, 0.2) is 0 Å². The molecule has 0 aliphatic carbocycles. The first-order chi connectivity index (χ1) is 6.43. The van der Waals surface area contributed by atoms with Gasteiger partial charge in [0.05, 0.1) is 5.60 Å². The third-order valence-electron chi connectivity index (χ3n) is 1.52. The van der Waals surface area contributed by atoms with Crippen molar-refractivity contribution < 1.29 is 9.90 Å². The molecule has 0 aromatic carbocycles. The van der Waals surface area contributed by atoms with Gasteiger partial charge < -0.3 is 15.3 Å². The number of nitrogens with one attached hydrogen (secondary N) is 1. The molecule has 4 nitrogen and oxygen atoms in total. The molecule has 0 bridgehead atoms. The molecule has 0 atom stereocenters. The number of carbonyl (C=O) groups excluding carboxylic acids is 1. The van der Waals surface area contributed by atoms with Crippen LogP contribution >= 0.6 is 0 Å². The van der Waals surface area contributed by atoms with Crippen molar-refractivity contribution >= 4 is 6.41 Å². The summed E-state index contributed by atoms with van der Waals surface area (Å²) >= 11 is 0. The first kappa shape index (κ1) is 13.4. The highest BCUT2D eigenvalue weighted by Gasteiger charge is 2.03. The van der Waals surface area contributed by atoms with Crippen LogP contribution in [0, 0.1) is 0 Å². The van der Waals surface area contributed by atoms with Crippen LogP contribution in [0.5, 0.6) is 0 Å². The average Bonchev–Trinajstić information content (AvgIpc) is 2.28. The molecule has 14 heavy (non-hydrogen) atoms. The maximum atomic E-state index is 10.2. The Labute approximate surface area is 86.3 Å². The maximum Gasteiger partial charge on any atom is 0.209 e. The zero-order valence-electron chi connectivity index (χ0n) is 9.42. The topological polar surface area (TPSA) is 52.6 Å². The number of carbonyl (C=O) groups is 1. The number of nitrogens with zero attached hydrogens (tertiary/aromatic N) is 1. The quantitative estimate of drug-likeness (QED) is 0.598. The van der Waals surface area contributed by atoms with Crippen molar-refractivity contribution in [1.82, 2.24) is 10.2 Å². The van der Waals surface area contributed by atoms with Crippen LogP contribution in [-0.2, 0) is 4.79 Å². The third-order valence-corrected chi connectivity index (χ3v) is 1.52. The van der Waals surface area contributed by atoms with Crippen LogP contribution in [0.4, 0.5) is 0 Å². The fraction of sp³-hybridized carbons (Fsp3) is 0.900. The summed E-state index contributed by atoms with van der Waals surface area (Å²) in [5, 5.41) is 11.7. The highest BCUT2D eigenvalue weighted by molar-refractivity contribution is 5.46. The van der Waals surface area contributed by atoms with Crippen molar-refractivity contribution in [3.63, 3.8) is 0 Å². The Morgan fingerprint density at radius 2 is 1.86 bits per heavy atom. The van der Waals surface area contributed by atoms with E-state index < -0.39 is 5.60 Å². The molecule has 4 heteroatoms. The highest BCUT2D eigenvalue weighted by atomic mass is 16.3. The van der Waals surface area contributed by atoms with Crippen LogP contribution in [0.2, 0.25) is 0 Å². The Kier molecular flexibility index (Phi) is 6.49. The zero-order chi connectivity index (χ0) is 11.0. The van der Waals surface area contributed by atoms with Crippen LogP contribution in [0.3, 0.4) is 0 Å². The molecule has 0 saturated carbocycles. The number of hydrogen-bond acceptors (Lipinski definition) is 3. The van der Waals surface area contributed by atoms with Gasteiger partial charge in [-0.05, 0) is 33.7 Å². The lowest BCUT2D eigenvalue weighted by atomic mass is 10.2. The van der Waals surface area contributed by atoms with E-state index in [9.17, 15) is 4.79 Å². The van der Waals surface area contributed by atoms with E-state index in [4.69, 9.17) is 5.11 Å². The minimum Gasteiger partial charge on any atom is -0.391 e. The molecule has 1 aliphatic heterocycles. The Bertz CT molecular complexity index is 141. The molecular formula is C10H22N2O2. The first-order valence-electron chi connectivity index (χ1n) is 5.06. The SMILES string of the molecule is CC(C)(C)O.O=CN1CCCNCC1. The molecule has 84 valence electrons. The molecule has 1 heterocycles. The molecule has 1 amide bonds. The van der Waals surface area contributed by atoms with Gasteiger partial charge in [-0.25, -0.2) is 0 Å². The zero-order valence-corrected chi connectivity index (χ0v) is 9.42. The maximum absolute atomic E-state index is 10.2. The summed E-state index contributed by atoms with van der Waals surface area (Å²) in [5.41, 5.74) is -0.500. The van der Waals surface area contributed by atoms with Gasteiger partial charge in [0.1, 0.15) is 0 Å². The molecule has 0 aromatic heterocycles. The largest absolute Gasteiger partial charge is 0.391 e. The molecular weight excluding hydrogens is 180 g/mol. The van der Waals surface area contributed by atoms with Crippen LogP contribution in [0.1, 0.15) is 27.2 Å². The number of aliphatic hydroxyl groups is 1. The van der Waals surface area contributed by atoms with E-state index in [1.165, 1.54) is 0 Å². The summed E-state index contributed by atoms with van der Waals surface area (Å²) in [4.78, 5) is 12.0. The van der Waals surface area contributed by atoms with Gasteiger partial charge in [-0.1, -0.05) is 0 Å². The summed E-state index contributed by atoms with van der Waals surface area (Å²) in [7, 11) is 0. The minimum atomic E-state index is -0.500. The van der Waals surface area contributed by atoms with Gasteiger partial charge in [0, 0.05) is 19.6 Å². The van der Waals surface area contributed by atoms with E-state index in [2.05, 4.69) is 5.32 Å². The normalized spacial score (nSPS) is 17.9. The van der Waals surface area contributed by atoms with Crippen molar-refractivity contribution in [2.24, 2.45) is 0 Å². The van der Waals surface area contributed by atoms with E-state index in [1.54, 1.807) is 25.7 Å². The van der Waals surface area contributed by atoms with Gasteiger partial charge in [0.2, 0.25) is 6.41 Å². The number of hydrogen-bond donors (Lipinski definition) is 2.